The Balaban J connectivity index is 1.84. The first kappa shape index (κ1) is 24.1. The highest BCUT2D eigenvalue weighted by Gasteiger charge is 2.35. The van der Waals surface area contributed by atoms with Crippen LogP contribution in [0, 0.1) is 5.92 Å². The van der Waals surface area contributed by atoms with Crippen LogP contribution >= 0.6 is 0 Å². The molecule has 0 aliphatic heterocycles. The van der Waals surface area contributed by atoms with Gasteiger partial charge in [0.05, 0.1) is 43.9 Å². The molecule has 1 fully saturated rings. The molecule has 0 spiro atoms. The summed E-state index contributed by atoms with van der Waals surface area (Å²) in [6.07, 6.45) is 5.39. The van der Waals surface area contributed by atoms with E-state index >= 15 is 0 Å². The molecule has 0 bridgehead atoms. The summed E-state index contributed by atoms with van der Waals surface area (Å²) in [4.78, 5) is 25.2. The maximum absolute atomic E-state index is 12.7. The fraction of sp³-hybridized carbons (Fsp3) is 0.565. The highest BCUT2D eigenvalue weighted by molar-refractivity contribution is 5.86. The van der Waals surface area contributed by atoms with Gasteiger partial charge in [-0.25, -0.2) is 0 Å². The molecule has 2 atom stereocenters. The quantitative estimate of drug-likeness (QED) is 0.365. The molecule has 2 rings (SSSR count). The number of amides is 2. The summed E-state index contributed by atoms with van der Waals surface area (Å²) in [6.45, 7) is 3.87. The fourth-order valence-corrected chi connectivity index (χ4v) is 3.78. The van der Waals surface area contributed by atoms with Crippen molar-refractivity contribution >= 4 is 11.8 Å². The third-order valence-corrected chi connectivity index (χ3v) is 5.52. The zero-order valence-corrected chi connectivity index (χ0v) is 17.5. The molecule has 1 aliphatic carbocycles. The van der Waals surface area contributed by atoms with Crippen molar-refractivity contribution in [3.8, 4) is 0 Å². The minimum atomic E-state index is -0.595. The zero-order valence-electron chi connectivity index (χ0n) is 17.5. The van der Waals surface area contributed by atoms with Crippen molar-refractivity contribution in [2.24, 2.45) is 5.92 Å². The highest BCUT2D eigenvalue weighted by Crippen LogP contribution is 2.29. The van der Waals surface area contributed by atoms with Gasteiger partial charge < -0.3 is 25.6 Å². The van der Waals surface area contributed by atoms with Crippen LogP contribution in [-0.2, 0) is 20.9 Å². The highest BCUT2D eigenvalue weighted by atomic mass is 16.5. The molecule has 7 heteroatoms. The number of nitrogens with one attached hydrogen (secondary N) is 2. The van der Waals surface area contributed by atoms with Gasteiger partial charge in [0.15, 0.2) is 0 Å². The summed E-state index contributed by atoms with van der Waals surface area (Å²) >= 11 is 0. The number of carbonyl (C=O) groups is 2. The number of allylic oxidation sites excluding steroid dienone is 1. The van der Waals surface area contributed by atoms with E-state index in [9.17, 15) is 19.8 Å². The molecule has 0 radical (unpaired) electrons. The van der Waals surface area contributed by atoms with Gasteiger partial charge in [-0.3, -0.25) is 9.59 Å². The van der Waals surface area contributed by atoms with Crippen LogP contribution in [0.3, 0.4) is 0 Å². The Morgan fingerprint density at radius 1 is 1.20 bits per heavy atom. The average molecular weight is 419 g/mol. The molecule has 7 nitrogen and oxygen atoms in total. The molecule has 1 saturated carbocycles. The van der Waals surface area contributed by atoms with Gasteiger partial charge in [0.25, 0.3) is 0 Å². The average Bonchev–Trinajstić information content (AvgIpc) is 3.22. The second-order valence-electron chi connectivity index (χ2n) is 8.01. The molecule has 30 heavy (non-hydrogen) atoms. The lowest BCUT2D eigenvalue weighted by atomic mass is 9.95. The lowest BCUT2D eigenvalue weighted by Crippen LogP contribution is -2.50. The Morgan fingerprint density at radius 2 is 1.90 bits per heavy atom. The van der Waals surface area contributed by atoms with E-state index in [2.05, 4.69) is 17.2 Å². The van der Waals surface area contributed by atoms with Crippen LogP contribution in [0.1, 0.15) is 44.1 Å². The first-order valence-electron chi connectivity index (χ1n) is 10.6. The third-order valence-electron chi connectivity index (χ3n) is 5.52. The predicted octanol–water partition coefficient (Wildman–Crippen LogP) is 1.68. The predicted molar refractivity (Wildman–Crippen MR) is 114 cm³/mol. The van der Waals surface area contributed by atoms with Crippen LogP contribution in [-0.4, -0.2) is 53.4 Å². The van der Waals surface area contributed by atoms with Gasteiger partial charge in [0.1, 0.15) is 0 Å². The summed E-state index contributed by atoms with van der Waals surface area (Å²) in [5, 5.41) is 25.0. The van der Waals surface area contributed by atoms with Crippen molar-refractivity contribution in [3.05, 3.63) is 48.6 Å². The number of aliphatic hydroxyl groups excluding tert-OH is 2. The molecule has 1 aromatic carbocycles. The van der Waals surface area contributed by atoms with Gasteiger partial charge in [-0.1, -0.05) is 49.2 Å². The maximum atomic E-state index is 12.7. The number of hydrogen-bond acceptors (Lipinski definition) is 5. The fourth-order valence-electron chi connectivity index (χ4n) is 3.78. The minimum Gasteiger partial charge on any atom is -0.394 e. The maximum Gasteiger partial charge on any atom is 0.224 e. The number of ether oxygens (including phenoxy) is 1. The normalized spacial score (nSPS) is 17.1. The molecule has 1 aliphatic rings. The van der Waals surface area contributed by atoms with E-state index < -0.39 is 17.5 Å². The number of aliphatic hydroxyl groups is 2. The Morgan fingerprint density at radius 3 is 2.50 bits per heavy atom. The van der Waals surface area contributed by atoms with Crippen molar-refractivity contribution in [2.45, 2.75) is 56.7 Å². The van der Waals surface area contributed by atoms with E-state index in [1.807, 2.05) is 30.3 Å². The molecule has 2 unspecified atom stereocenters. The number of benzene rings is 1. The lowest BCUT2D eigenvalue weighted by molar-refractivity contribution is -0.132. The minimum absolute atomic E-state index is 0.00260. The van der Waals surface area contributed by atoms with Gasteiger partial charge in [-0.15, -0.1) is 6.58 Å². The number of rotatable bonds is 13. The van der Waals surface area contributed by atoms with Crippen molar-refractivity contribution < 1.29 is 24.5 Å². The van der Waals surface area contributed by atoms with Crippen LogP contribution in [0.15, 0.2) is 43.0 Å². The molecule has 4 N–H and O–H groups in total. The van der Waals surface area contributed by atoms with E-state index in [0.29, 0.717) is 13.0 Å². The van der Waals surface area contributed by atoms with E-state index in [4.69, 9.17) is 4.74 Å². The van der Waals surface area contributed by atoms with Crippen LogP contribution in [0.5, 0.6) is 0 Å². The monoisotopic (exact) mass is 418 g/mol. The van der Waals surface area contributed by atoms with E-state index in [1.54, 1.807) is 6.08 Å². The molecule has 166 valence electrons. The molecular weight excluding hydrogens is 384 g/mol. The Labute approximate surface area is 178 Å². The number of carbonyl (C=O) groups excluding carboxylic acids is 2. The van der Waals surface area contributed by atoms with E-state index in [-0.39, 0.29) is 38.1 Å². The largest absolute Gasteiger partial charge is 0.394 e. The van der Waals surface area contributed by atoms with Gasteiger partial charge in [-0.2, -0.15) is 0 Å². The van der Waals surface area contributed by atoms with Crippen LogP contribution in [0.2, 0.25) is 0 Å². The second kappa shape index (κ2) is 12.5. The third kappa shape index (κ3) is 7.55. The van der Waals surface area contributed by atoms with Gasteiger partial charge in [-0.05, 0) is 24.8 Å². The summed E-state index contributed by atoms with van der Waals surface area (Å²) in [7, 11) is 0. The van der Waals surface area contributed by atoms with Crippen molar-refractivity contribution in [1.29, 1.82) is 0 Å². The molecule has 0 aromatic heterocycles. The molecular formula is C23H34N2O5. The SMILES string of the molecule is C=CCC(CC(=O)NC1(CO)CCCC1)C(=O)NC(CO)COCc1ccccc1. The van der Waals surface area contributed by atoms with Crippen molar-refractivity contribution in [1.82, 2.24) is 10.6 Å². The Kier molecular flexibility index (Phi) is 10.00. The summed E-state index contributed by atoms with van der Waals surface area (Å²) in [6, 6.07) is 9.08. The molecule has 0 heterocycles. The smallest absolute Gasteiger partial charge is 0.224 e. The molecule has 2 amide bonds. The lowest BCUT2D eigenvalue weighted by Gasteiger charge is -2.29. The first-order valence-corrected chi connectivity index (χ1v) is 10.6. The van der Waals surface area contributed by atoms with E-state index in [1.165, 1.54) is 0 Å². The topological polar surface area (TPSA) is 108 Å². The van der Waals surface area contributed by atoms with Gasteiger partial charge in [0.2, 0.25) is 11.8 Å². The molecule has 1 aromatic rings. The Hall–Kier alpha value is -2.22. The summed E-state index contributed by atoms with van der Waals surface area (Å²) in [5.74, 6) is -1.17. The van der Waals surface area contributed by atoms with E-state index in [0.717, 1.165) is 31.2 Å². The van der Waals surface area contributed by atoms with Crippen molar-refractivity contribution in [3.63, 3.8) is 0 Å². The van der Waals surface area contributed by atoms with Gasteiger partial charge >= 0.3 is 0 Å². The van der Waals surface area contributed by atoms with Crippen LogP contribution in [0.4, 0.5) is 0 Å². The zero-order chi connectivity index (χ0) is 21.8. The standard InChI is InChI=1S/C23H34N2O5/c1-2-8-19(13-21(28)25-23(17-27)11-6-7-12-23)22(29)24-20(14-26)16-30-15-18-9-4-3-5-10-18/h2-5,9-10,19-20,26-27H,1,6-8,11-17H2,(H,24,29)(H,25,28). The summed E-state index contributed by atoms with van der Waals surface area (Å²) in [5.41, 5.74) is 0.442. The second-order valence-corrected chi connectivity index (χ2v) is 8.01. The van der Waals surface area contributed by atoms with Crippen LogP contribution in [0.25, 0.3) is 0 Å². The Bertz CT molecular complexity index is 673. The number of hydrogen-bond donors (Lipinski definition) is 4. The van der Waals surface area contributed by atoms with Gasteiger partial charge in [0, 0.05) is 6.42 Å². The molecule has 0 saturated heterocycles. The van der Waals surface area contributed by atoms with Crippen molar-refractivity contribution in [2.75, 3.05) is 19.8 Å². The summed E-state index contributed by atoms with van der Waals surface area (Å²) < 4.78 is 5.61. The first-order chi connectivity index (χ1) is 14.5. The van der Waals surface area contributed by atoms with Crippen LogP contribution < -0.4 is 10.6 Å².